The molecule has 0 radical (unpaired) electrons. The predicted octanol–water partition coefficient (Wildman–Crippen LogP) is 3.26. The van der Waals surface area contributed by atoms with Crippen molar-refractivity contribution in [2.75, 3.05) is 0 Å². The minimum atomic E-state index is -0.749. The van der Waals surface area contributed by atoms with Gasteiger partial charge in [-0.05, 0) is 56.5 Å². The lowest BCUT2D eigenvalue weighted by atomic mass is 10.0. The molecule has 0 fully saturated rings. The van der Waals surface area contributed by atoms with E-state index in [1.54, 1.807) is 33.8 Å². The number of carbonyl (C=O) groups excluding carboxylic acids is 1. The third-order valence-corrected chi connectivity index (χ3v) is 3.73. The number of benzene rings is 2. The van der Waals surface area contributed by atoms with E-state index in [2.05, 4.69) is 0 Å². The molecule has 0 saturated carbocycles. The maximum absolute atomic E-state index is 12.3. The number of phenolic OH excluding ortho intramolecular Hbond substituents is 3. The van der Waals surface area contributed by atoms with Crippen molar-refractivity contribution < 1.29 is 24.9 Å². The van der Waals surface area contributed by atoms with Gasteiger partial charge >= 0.3 is 5.97 Å². The summed E-state index contributed by atoms with van der Waals surface area (Å²) in [7, 11) is 0. The molecule has 0 saturated heterocycles. The first-order valence-electron chi connectivity index (χ1n) is 6.77. The summed E-state index contributed by atoms with van der Waals surface area (Å²) in [5.41, 5.74) is 2.34. The molecule has 0 aromatic heterocycles. The van der Waals surface area contributed by atoms with E-state index < -0.39 is 5.97 Å². The molecule has 0 aliphatic carbocycles. The summed E-state index contributed by atoms with van der Waals surface area (Å²) in [5.74, 6) is -0.924. The Labute approximate surface area is 128 Å². The van der Waals surface area contributed by atoms with Crippen LogP contribution in [0.4, 0.5) is 0 Å². The molecule has 2 rings (SSSR count). The lowest BCUT2D eigenvalue weighted by Gasteiger charge is -2.14. The number of rotatable bonds is 2. The quantitative estimate of drug-likeness (QED) is 0.585. The maximum Gasteiger partial charge on any atom is 0.347 e. The average molecular weight is 302 g/mol. The third-order valence-electron chi connectivity index (χ3n) is 3.73. The van der Waals surface area contributed by atoms with Gasteiger partial charge in [0.25, 0.3) is 0 Å². The Bertz CT molecular complexity index is 739. The molecule has 0 spiro atoms. The standard InChI is InChI=1S/C17H18O5/c1-8-6-14(11(4)16(20)10(8)3)22-17(21)15-9(2)5-12(18)7-13(15)19/h5-7,18-20H,1-4H3. The summed E-state index contributed by atoms with van der Waals surface area (Å²) in [6.45, 7) is 6.81. The Morgan fingerprint density at radius 2 is 1.55 bits per heavy atom. The second-order valence-corrected chi connectivity index (χ2v) is 5.34. The highest BCUT2D eigenvalue weighted by molar-refractivity contribution is 5.96. The highest BCUT2D eigenvalue weighted by Crippen LogP contribution is 2.34. The summed E-state index contributed by atoms with van der Waals surface area (Å²) in [4.78, 5) is 12.3. The number of hydrogen-bond acceptors (Lipinski definition) is 5. The number of phenols is 3. The first kappa shape index (κ1) is 15.7. The van der Waals surface area contributed by atoms with E-state index in [0.29, 0.717) is 11.1 Å². The molecule has 2 aromatic carbocycles. The molecule has 3 N–H and O–H groups in total. The smallest absolute Gasteiger partial charge is 0.347 e. The molecule has 0 bridgehead atoms. The highest BCUT2D eigenvalue weighted by Gasteiger charge is 2.20. The van der Waals surface area contributed by atoms with E-state index in [1.165, 1.54) is 6.07 Å². The van der Waals surface area contributed by atoms with Crippen LogP contribution in [0.3, 0.4) is 0 Å². The highest BCUT2D eigenvalue weighted by atomic mass is 16.5. The SMILES string of the molecule is Cc1cc(OC(=O)c2c(C)cc(O)cc2O)c(C)c(O)c1C. The van der Waals surface area contributed by atoms with Gasteiger partial charge in [-0.15, -0.1) is 0 Å². The Morgan fingerprint density at radius 1 is 0.909 bits per heavy atom. The summed E-state index contributed by atoms with van der Waals surface area (Å²) >= 11 is 0. The van der Waals surface area contributed by atoms with Crippen LogP contribution in [0.2, 0.25) is 0 Å². The molecule has 0 aliphatic heterocycles. The molecular formula is C17H18O5. The van der Waals surface area contributed by atoms with Gasteiger partial charge in [-0.2, -0.15) is 0 Å². The largest absolute Gasteiger partial charge is 0.508 e. The van der Waals surface area contributed by atoms with Gasteiger partial charge in [0.2, 0.25) is 0 Å². The molecule has 22 heavy (non-hydrogen) atoms. The second kappa shape index (κ2) is 5.60. The minimum Gasteiger partial charge on any atom is -0.508 e. The van der Waals surface area contributed by atoms with Gasteiger partial charge in [-0.1, -0.05) is 0 Å². The maximum atomic E-state index is 12.3. The van der Waals surface area contributed by atoms with Crippen LogP contribution in [-0.2, 0) is 0 Å². The van der Waals surface area contributed by atoms with Crippen molar-refractivity contribution in [1.82, 2.24) is 0 Å². The lowest BCUT2D eigenvalue weighted by molar-refractivity contribution is 0.0729. The van der Waals surface area contributed by atoms with E-state index in [1.807, 2.05) is 0 Å². The van der Waals surface area contributed by atoms with Gasteiger partial charge < -0.3 is 20.1 Å². The summed E-state index contributed by atoms with van der Waals surface area (Å²) in [6, 6.07) is 4.10. The lowest BCUT2D eigenvalue weighted by Crippen LogP contribution is -2.11. The van der Waals surface area contributed by atoms with Crippen LogP contribution in [0.1, 0.15) is 32.6 Å². The number of aryl methyl sites for hydroxylation is 2. The van der Waals surface area contributed by atoms with Crippen molar-refractivity contribution in [2.24, 2.45) is 0 Å². The van der Waals surface area contributed by atoms with Gasteiger partial charge in [-0.3, -0.25) is 0 Å². The fourth-order valence-corrected chi connectivity index (χ4v) is 2.27. The van der Waals surface area contributed by atoms with Crippen LogP contribution in [0.25, 0.3) is 0 Å². The average Bonchev–Trinajstić information content (AvgIpc) is 2.41. The number of aromatic hydroxyl groups is 3. The van der Waals surface area contributed by atoms with Crippen molar-refractivity contribution in [3.63, 3.8) is 0 Å². The Morgan fingerprint density at radius 3 is 2.14 bits per heavy atom. The summed E-state index contributed by atoms with van der Waals surface area (Å²) in [6.07, 6.45) is 0. The summed E-state index contributed by atoms with van der Waals surface area (Å²) in [5, 5.41) is 29.2. The first-order chi connectivity index (χ1) is 10.2. The topological polar surface area (TPSA) is 87.0 Å². The van der Waals surface area contributed by atoms with E-state index in [-0.39, 0.29) is 28.6 Å². The molecule has 5 heteroatoms. The molecular weight excluding hydrogens is 284 g/mol. The van der Waals surface area contributed by atoms with Crippen molar-refractivity contribution in [2.45, 2.75) is 27.7 Å². The molecule has 2 aromatic rings. The third kappa shape index (κ3) is 2.70. The van der Waals surface area contributed by atoms with E-state index in [9.17, 15) is 20.1 Å². The van der Waals surface area contributed by atoms with Crippen LogP contribution in [0.5, 0.6) is 23.0 Å². The van der Waals surface area contributed by atoms with E-state index in [0.717, 1.165) is 17.2 Å². The van der Waals surface area contributed by atoms with Crippen molar-refractivity contribution in [3.8, 4) is 23.0 Å². The molecule has 0 amide bonds. The number of ether oxygens (including phenoxy) is 1. The van der Waals surface area contributed by atoms with Gasteiger partial charge in [0.05, 0.1) is 0 Å². The van der Waals surface area contributed by atoms with Gasteiger partial charge in [0, 0.05) is 11.6 Å². The normalized spacial score (nSPS) is 10.5. The zero-order valence-corrected chi connectivity index (χ0v) is 12.9. The number of esters is 1. The van der Waals surface area contributed by atoms with Gasteiger partial charge in [0.15, 0.2) is 0 Å². The molecule has 5 nitrogen and oxygen atoms in total. The number of carbonyl (C=O) groups is 1. The second-order valence-electron chi connectivity index (χ2n) is 5.34. The van der Waals surface area contributed by atoms with Crippen LogP contribution in [-0.4, -0.2) is 21.3 Å². The van der Waals surface area contributed by atoms with Crippen molar-refractivity contribution >= 4 is 5.97 Å². The Hall–Kier alpha value is -2.69. The fourth-order valence-electron chi connectivity index (χ4n) is 2.27. The van der Waals surface area contributed by atoms with Crippen LogP contribution < -0.4 is 4.74 Å². The van der Waals surface area contributed by atoms with Crippen molar-refractivity contribution in [3.05, 3.63) is 46.0 Å². The monoisotopic (exact) mass is 302 g/mol. The van der Waals surface area contributed by atoms with E-state index >= 15 is 0 Å². The fraction of sp³-hybridized carbons (Fsp3) is 0.235. The van der Waals surface area contributed by atoms with Crippen molar-refractivity contribution in [1.29, 1.82) is 0 Å². The van der Waals surface area contributed by atoms with E-state index in [4.69, 9.17) is 4.74 Å². The number of hydrogen-bond donors (Lipinski definition) is 3. The zero-order valence-electron chi connectivity index (χ0n) is 12.9. The molecule has 0 aliphatic rings. The molecule has 0 heterocycles. The first-order valence-corrected chi connectivity index (χ1v) is 6.77. The van der Waals surface area contributed by atoms with Crippen LogP contribution in [0.15, 0.2) is 18.2 Å². The molecule has 0 unspecified atom stereocenters. The Balaban J connectivity index is 2.43. The predicted molar refractivity (Wildman–Crippen MR) is 81.8 cm³/mol. The summed E-state index contributed by atoms with van der Waals surface area (Å²) < 4.78 is 5.31. The molecule has 0 atom stereocenters. The van der Waals surface area contributed by atoms with Gasteiger partial charge in [0.1, 0.15) is 28.6 Å². The van der Waals surface area contributed by atoms with Crippen LogP contribution in [0, 0.1) is 27.7 Å². The minimum absolute atomic E-state index is 0.0186. The zero-order chi connectivity index (χ0) is 16.6. The van der Waals surface area contributed by atoms with Gasteiger partial charge in [-0.25, -0.2) is 4.79 Å². The van der Waals surface area contributed by atoms with Crippen LogP contribution >= 0.6 is 0 Å². The molecule has 116 valence electrons. The Kier molecular flexibility index (Phi) is 3.99.